The molecule has 184 valence electrons. The third-order valence-corrected chi connectivity index (χ3v) is 8.41. The maximum absolute atomic E-state index is 13.5. The van der Waals surface area contributed by atoms with Crippen LogP contribution in [0.2, 0.25) is 0 Å². The van der Waals surface area contributed by atoms with Gasteiger partial charge in [0, 0.05) is 6.42 Å². The number of carbonyl (C=O) groups excluding carboxylic acids is 1. The molecular weight excluding hydrogens is 456 g/mol. The number of ether oxygens (including phenoxy) is 2. The van der Waals surface area contributed by atoms with E-state index in [2.05, 4.69) is 6.58 Å². The molecule has 0 amide bonds. The minimum absolute atomic E-state index is 0.0801. The van der Waals surface area contributed by atoms with Crippen LogP contribution in [0.3, 0.4) is 0 Å². The summed E-state index contributed by atoms with van der Waals surface area (Å²) in [6, 6.07) is 0. The average Bonchev–Trinajstić information content (AvgIpc) is 2.66. The van der Waals surface area contributed by atoms with Crippen LogP contribution in [0.5, 0.6) is 0 Å². The van der Waals surface area contributed by atoms with E-state index in [9.17, 15) is 30.8 Å². The fraction of sp³-hybridized carbons (Fsp3) is 0.857. The summed E-state index contributed by atoms with van der Waals surface area (Å²) in [5.74, 6) is -3.83. The van der Waals surface area contributed by atoms with Crippen LogP contribution in [0.1, 0.15) is 52.4 Å². The number of hydrogen-bond donors (Lipinski definition) is 1. The van der Waals surface area contributed by atoms with Gasteiger partial charge in [-0.05, 0) is 61.7 Å². The molecule has 4 aliphatic rings. The fourth-order valence-corrected chi connectivity index (χ4v) is 6.65. The summed E-state index contributed by atoms with van der Waals surface area (Å²) in [7, 11) is -6.30. The van der Waals surface area contributed by atoms with Gasteiger partial charge in [-0.15, -0.1) is 0 Å². The Morgan fingerprint density at radius 3 is 2.03 bits per heavy atom. The van der Waals surface area contributed by atoms with Crippen molar-refractivity contribution in [3.05, 3.63) is 12.2 Å². The maximum atomic E-state index is 13.5. The second-order valence-electron chi connectivity index (χ2n) is 9.80. The van der Waals surface area contributed by atoms with Gasteiger partial charge in [-0.3, -0.25) is 4.55 Å². The van der Waals surface area contributed by atoms with Crippen molar-refractivity contribution in [3.8, 4) is 0 Å². The number of carbonyl (C=O) groups is 1. The summed E-state index contributed by atoms with van der Waals surface area (Å²) >= 11 is 0. The molecule has 0 radical (unpaired) electrons. The molecule has 11 heteroatoms. The molecule has 4 fully saturated rings. The highest BCUT2D eigenvalue weighted by molar-refractivity contribution is 7.87. The number of rotatable bonds is 10. The van der Waals surface area contributed by atoms with Gasteiger partial charge in [-0.1, -0.05) is 20.4 Å². The van der Waals surface area contributed by atoms with E-state index >= 15 is 0 Å². The Balaban J connectivity index is 1.56. The third-order valence-electron chi connectivity index (χ3n) is 7.46. The van der Waals surface area contributed by atoms with Crippen LogP contribution in [-0.2, 0) is 24.4 Å². The summed E-state index contributed by atoms with van der Waals surface area (Å²) in [4.78, 5) is 12.7. The van der Waals surface area contributed by atoms with Crippen LogP contribution in [-0.4, -0.2) is 48.9 Å². The zero-order valence-electron chi connectivity index (χ0n) is 18.2. The quantitative estimate of drug-likeness (QED) is 0.161. The molecule has 1 N–H and O–H groups in total. The molecule has 4 bridgehead atoms. The van der Waals surface area contributed by atoms with Crippen molar-refractivity contribution in [2.75, 3.05) is 13.2 Å². The normalized spacial score (nSPS) is 32.4. The minimum atomic E-state index is -6.30. The molecule has 32 heavy (non-hydrogen) atoms. The molecule has 0 atom stereocenters. The smallest absolute Gasteiger partial charge is 0.431 e. The zero-order valence-corrected chi connectivity index (χ0v) is 19.0. The Kier molecular flexibility index (Phi) is 6.78. The predicted molar refractivity (Wildman–Crippen MR) is 107 cm³/mol. The van der Waals surface area contributed by atoms with E-state index < -0.39 is 52.5 Å². The van der Waals surface area contributed by atoms with Crippen LogP contribution >= 0.6 is 0 Å². The molecule has 0 unspecified atom stereocenters. The number of halogens is 4. The van der Waals surface area contributed by atoms with Gasteiger partial charge >= 0.3 is 27.3 Å². The van der Waals surface area contributed by atoms with Crippen LogP contribution in [0, 0.1) is 29.6 Å². The summed E-state index contributed by atoms with van der Waals surface area (Å²) in [6.45, 7) is 6.11. The molecule has 4 rings (SSSR count). The van der Waals surface area contributed by atoms with Crippen LogP contribution < -0.4 is 0 Å². The minimum Gasteiger partial charge on any atom is -0.455 e. The maximum Gasteiger partial charge on any atom is 0.431 e. The van der Waals surface area contributed by atoms with Gasteiger partial charge in [-0.2, -0.15) is 26.0 Å². The van der Waals surface area contributed by atoms with E-state index in [4.69, 9.17) is 14.0 Å². The van der Waals surface area contributed by atoms with E-state index in [0.29, 0.717) is 11.8 Å². The van der Waals surface area contributed by atoms with Gasteiger partial charge in [0.1, 0.15) is 5.60 Å². The van der Waals surface area contributed by atoms with Crippen molar-refractivity contribution in [1.82, 2.24) is 0 Å². The van der Waals surface area contributed by atoms with Crippen molar-refractivity contribution in [3.63, 3.8) is 0 Å². The Morgan fingerprint density at radius 1 is 1.09 bits per heavy atom. The standard InChI is InChI=1S/C21H30F4O6S/c1-12(2)20(16-7-14-6-15(9-16)10-17(20)8-14)31-18(26)13(3)11-30-5-4-19(22,23)21(24,25)32(27,28)29/h12,14-17H,3-11H2,1-2H3,(H,27,28,29). The van der Waals surface area contributed by atoms with Crippen molar-refractivity contribution < 1.29 is 44.8 Å². The molecule has 6 nitrogen and oxygen atoms in total. The highest BCUT2D eigenvalue weighted by Gasteiger charge is 2.65. The molecule has 4 saturated carbocycles. The molecule has 0 heterocycles. The SMILES string of the molecule is C=C(COCCC(F)(F)C(F)(F)S(=O)(=O)O)C(=O)OC1(C(C)C)C2CC3CC(C2)CC1C3. The Hall–Kier alpha value is -1.20. The van der Waals surface area contributed by atoms with E-state index in [1.165, 1.54) is 6.42 Å². The molecular formula is C21H30F4O6S. The molecule has 0 aromatic rings. The molecule has 0 aromatic heterocycles. The average molecular weight is 487 g/mol. The highest BCUT2D eigenvalue weighted by Crippen LogP contribution is 2.61. The molecule has 0 saturated heterocycles. The Bertz CT molecular complexity index is 826. The van der Waals surface area contributed by atoms with Crippen molar-refractivity contribution in [2.45, 2.75) is 69.2 Å². The first-order chi connectivity index (χ1) is 14.6. The van der Waals surface area contributed by atoms with Gasteiger partial charge in [0.25, 0.3) is 0 Å². The second-order valence-corrected chi connectivity index (χ2v) is 11.3. The lowest BCUT2D eigenvalue weighted by Crippen LogP contribution is -2.62. The van der Waals surface area contributed by atoms with Gasteiger partial charge in [-0.25, -0.2) is 4.79 Å². The van der Waals surface area contributed by atoms with Gasteiger partial charge in [0.05, 0.1) is 18.8 Å². The summed E-state index contributed by atoms with van der Waals surface area (Å²) in [5.41, 5.74) is -0.749. The van der Waals surface area contributed by atoms with Crippen LogP contribution in [0.25, 0.3) is 0 Å². The summed E-state index contributed by atoms with van der Waals surface area (Å²) in [6.07, 6.45) is 3.61. The van der Waals surface area contributed by atoms with Crippen molar-refractivity contribution in [1.29, 1.82) is 0 Å². The number of alkyl halides is 4. The van der Waals surface area contributed by atoms with Gasteiger partial charge in [0.15, 0.2) is 0 Å². The number of esters is 1. The first kappa shape index (κ1) is 25.4. The van der Waals surface area contributed by atoms with E-state index in [1.807, 2.05) is 13.8 Å². The molecule has 0 aromatic carbocycles. The first-order valence-electron chi connectivity index (χ1n) is 10.8. The lowest BCUT2D eigenvalue weighted by molar-refractivity contribution is -0.222. The van der Waals surface area contributed by atoms with Crippen molar-refractivity contribution >= 4 is 16.1 Å². The zero-order chi connectivity index (χ0) is 24.1. The largest absolute Gasteiger partial charge is 0.455 e. The summed E-state index contributed by atoms with van der Waals surface area (Å²) in [5, 5.41) is -5.65. The highest BCUT2D eigenvalue weighted by atomic mass is 32.2. The Morgan fingerprint density at radius 2 is 1.59 bits per heavy atom. The topological polar surface area (TPSA) is 89.9 Å². The third kappa shape index (κ3) is 4.32. The number of hydrogen-bond acceptors (Lipinski definition) is 5. The summed E-state index contributed by atoms with van der Waals surface area (Å²) < 4.78 is 93.7. The second kappa shape index (κ2) is 8.54. The Labute approximate surface area is 185 Å². The van der Waals surface area contributed by atoms with Crippen LogP contribution in [0.15, 0.2) is 12.2 Å². The lowest BCUT2D eigenvalue weighted by Gasteiger charge is -2.61. The first-order valence-corrected chi connectivity index (χ1v) is 12.3. The molecule has 0 aliphatic heterocycles. The van der Waals surface area contributed by atoms with Crippen LogP contribution in [0.4, 0.5) is 17.6 Å². The molecule has 4 aliphatic carbocycles. The van der Waals surface area contributed by atoms with E-state index in [1.54, 1.807) is 0 Å². The predicted octanol–water partition coefficient (Wildman–Crippen LogP) is 4.46. The monoisotopic (exact) mass is 486 g/mol. The van der Waals surface area contributed by atoms with Crippen molar-refractivity contribution in [2.24, 2.45) is 29.6 Å². The van der Waals surface area contributed by atoms with E-state index in [0.717, 1.165) is 25.7 Å². The van der Waals surface area contributed by atoms with Gasteiger partial charge < -0.3 is 9.47 Å². The lowest BCUT2D eigenvalue weighted by atomic mass is 9.47. The van der Waals surface area contributed by atoms with Gasteiger partial charge in [0.2, 0.25) is 0 Å². The molecule has 0 spiro atoms. The fourth-order valence-electron chi connectivity index (χ4n) is 6.17. The van der Waals surface area contributed by atoms with E-state index in [-0.39, 0.29) is 23.3 Å².